The number of halogens is 2. The number of unbranched alkanes of at least 4 members (excludes halogenated alkanes) is 3. The van der Waals surface area contributed by atoms with Crippen molar-refractivity contribution < 1.29 is 13.9 Å². The summed E-state index contributed by atoms with van der Waals surface area (Å²) in [6.45, 7) is 2.11. The molecule has 0 radical (unpaired) electrons. The molecule has 1 aromatic carbocycles. The third-order valence-electron chi connectivity index (χ3n) is 3.31. The summed E-state index contributed by atoms with van der Waals surface area (Å²) in [6.07, 6.45) is 7.59. The number of hydrogen-bond acceptors (Lipinski definition) is 3. The zero-order valence-corrected chi connectivity index (χ0v) is 12.4. The lowest BCUT2D eigenvalue weighted by Gasteiger charge is -2.05. The molecular formula is C17H18F2N2O. The van der Waals surface area contributed by atoms with Gasteiger partial charge in [-0.25, -0.2) is 8.78 Å². The smallest absolute Gasteiger partial charge is 0.230 e. The van der Waals surface area contributed by atoms with Crippen molar-refractivity contribution in [2.24, 2.45) is 0 Å². The van der Waals surface area contributed by atoms with Crippen LogP contribution in [-0.4, -0.2) is 15.3 Å². The van der Waals surface area contributed by atoms with Gasteiger partial charge in [0.05, 0.1) is 5.69 Å². The van der Waals surface area contributed by atoms with Crippen molar-refractivity contribution in [2.75, 3.05) is 0 Å². The molecule has 0 spiro atoms. The maximum atomic E-state index is 14.1. The van der Waals surface area contributed by atoms with Crippen LogP contribution in [-0.2, 0) is 0 Å². The number of aromatic hydroxyl groups is 1. The summed E-state index contributed by atoms with van der Waals surface area (Å²) in [4.78, 5) is 0. The summed E-state index contributed by atoms with van der Waals surface area (Å²) in [5.41, 5.74) is 0.408. The van der Waals surface area contributed by atoms with Gasteiger partial charge < -0.3 is 5.11 Å². The topological polar surface area (TPSA) is 46.0 Å². The van der Waals surface area contributed by atoms with Gasteiger partial charge in [-0.05, 0) is 25.0 Å². The predicted octanol–water partition coefficient (Wildman–Crippen LogP) is 4.72. The fraction of sp³-hybridized carbons (Fsp3) is 0.294. The van der Waals surface area contributed by atoms with Crippen LogP contribution < -0.4 is 0 Å². The number of allylic oxidation sites excluding steroid dienone is 1. The predicted molar refractivity (Wildman–Crippen MR) is 82.2 cm³/mol. The number of nitrogens with zero attached hydrogens (tertiary/aromatic N) is 2. The molecule has 3 nitrogen and oxygen atoms in total. The van der Waals surface area contributed by atoms with Crippen molar-refractivity contribution in [1.82, 2.24) is 10.2 Å². The Morgan fingerprint density at radius 3 is 2.55 bits per heavy atom. The Kier molecular flexibility index (Phi) is 5.58. The molecule has 2 rings (SSSR count). The maximum absolute atomic E-state index is 14.1. The fourth-order valence-corrected chi connectivity index (χ4v) is 2.08. The van der Waals surface area contributed by atoms with Crippen molar-refractivity contribution in [2.45, 2.75) is 32.6 Å². The van der Waals surface area contributed by atoms with E-state index in [-0.39, 0.29) is 22.7 Å². The summed E-state index contributed by atoms with van der Waals surface area (Å²) < 4.78 is 28.2. The number of benzene rings is 1. The molecule has 0 atom stereocenters. The van der Waals surface area contributed by atoms with Crippen LogP contribution in [0.15, 0.2) is 30.3 Å². The molecule has 116 valence electrons. The highest BCUT2D eigenvalue weighted by atomic mass is 19.2. The molecule has 0 amide bonds. The van der Waals surface area contributed by atoms with E-state index in [1.807, 2.05) is 6.08 Å². The van der Waals surface area contributed by atoms with E-state index in [1.165, 1.54) is 24.3 Å². The Morgan fingerprint density at radius 1 is 1.05 bits per heavy atom. The zero-order valence-electron chi connectivity index (χ0n) is 12.4. The van der Waals surface area contributed by atoms with E-state index in [0.717, 1.165) is 25.7 Å². The van der Waals surface area contributed by atoms with Crippen LogP contribution in [0.3, 0.4) is 0 Å². The molecule has 1 N–H and O–H groups in total. The van der Waals surface area contributed by atoms with Crippen molar-refractivity contribution in [3.63, 3.8) is 0 Å². The second kappa shape index (κ2) is 7.64. The van der Waals surface area contributed by atoms with Crippen molar-refractivity contribution >= 4 is 6.08 Å². The molecule has 0 fully saturated rings. The lowest BCUT2D eigenvalue weighted by atomic mass is 10.1. The Balaban J connectivity index is 2.20. The van der Waals surface area contributed by atoms with Crippen LogP contribution >= 0.6 is 0 Å². The van der Waals surface area contributed by atoms with Crippen LogP contribution in [0.2, 0.25) is 0 Å². The normalized spacial score (nSPS) is 11.2. The third kappa shape index (κ3) is 3.87. The molecule has 0 aliphatic rings. The van der Waals surface area contributed by atoms with E-state index in [4.69, 9.17) is 5.11 Å². The van der Waals surface area contributed by atoms with E-state index in [0.29, 0.717) is 0 Å². The van der Waals surface area contributed by atoms with Gasteiger partial charge in [0.25, 0.3) is 0 Å². The Labute approximate surface area is 128 Å². The van der Waals surface area contributed by atoms with Crippen LogP contribution in [0.5, 0.6) is 5.88 Å². The van der Waals surface area contributed by atoms with Crippen molar-refractivity contribution in [3.05, 3.63) is 47.5 Å². The van der Waals surface area contributed by atoms with Crippen LogP contribution in [0.4, 0.5) is 8.78 Å². The molecule has 1 heterocycles. The SMILES string of the molecule is CCCCCC=Cc1ccc(-c2ccc(O)nn2)c(F)c1F. The van der Waals surface area contributed by atoms with Crippen LogP contribution in [0, 0.1) is 11.6 Å². The minimum Gasteiger partial charge on any atom is -0.492 e. The zero-order chi connectivity index (χ0) is 15.9. The minimum atomic E-state index is -0.962. The van der Waals surface area contributed by atoms with E-state index in [9.17, 15) is 8.78 Å². The average Bonchev–Trinajstić information content (AvgIpc) is 2.52. The quantitative estimate of drug-likeness (QED) is 0.785. The summed E-state index contributed by atoms with van der Waals surface area (Å²) >= 11 is 0. The first-order valence-electron chi connectivity index (χ1n) is 7.31. The lowest BCUT2D eigenvalue weighted by Crippen LogP contribution is -1.96. The highest BCUT2D eigenvalue weighted by molar-refractivity contribution is 5.63. The van der Waals surface area contributed by atoms with Crippen LogP contribution in [0.25, 0.3) is 17.3 Å². The molecule has 22 heavy (non-hydrogen) atoms. The fourth-order valence-electron chi connectivity index (χ4n) is 2.08. The van der Waals surface area contributed by atoms with Gasteiger partial charge in [0.1, 0.15) is 0 Å². The molecule has 0 aliphatic carbocycles. The Hall–Kier alpha value is -2.30. The van der Waals surface area contributed by atoms with Gasteiger partial charge in [0.2, 0.25) is 5.88 Å². The van der Waals surface area contributed by atoms with Gasteiger partial charge in [0, 0.05) is 17.2 Å². The standard InChI is InChI=1S/C17H18F2N2O/c1-2-3-4-5-6-7-12-8-9-13(17(19)16(12)18)14-10-11-15(22)21-20-14/h6-11H,2-5H2,1H3,(H,21,22). The molecule has 2 aromatic rings. The summed E-state index contributed by atoms with van der Waals surface area (Å²) in [5, 5.41) is 16.2. The summed E-state index contributed by atoms with van der Waals surface area (Å²) in [5.74, 6) is -2.13. The molecule has 5 heteroatoms. The van der Waals surface area contributed by atoms with Crippen LogP contribution in [0.1, 0.15) is 38.2 Å². The third-order valence-corrected chi connectivity index (χ3v) is 3.31. The first kappa shape index (κ1) is 16.1. The molecule has 0 unspecified atom stereocenters. The molecule has 0 saturated heterocycles. The Morgan fingerprint density at radius 2 is 1.86 bits per heavy atom. The minimum absolute atomic E-state index is 0.0214. The van der Waals surface area contributed by atoms with Gasteiger partial charge in [-0.15, -0.1) is 10.2 Å². The molecule has 0 aliphatic heterocycles. The van der Waals surface area contributed by atoms with E-state index in [2.05, 4.69) is 17.1 Å². The largest absolute Gasteiger partial charge is 0.492 e. The van der Waals surface area contributed by atoms with Crippen molar-refractivity contribution in [3.8, 4) is 17.1 Å². The molecular weight excluding hydrogens is 286 g/mol. The summed E-state index contributed by atoms with van der Waals surface area (Å²) in [6, 6.07) is 5.64. The van der Waals surface area contributed by atoms with Gasteiger partial charge >= 0.3 is 0 Å². The second-order valence-corrected chi connectivity index (χ2v) is 5.01. The Bertz CT molecular complexity index is 654. The monoisotopic (exact) mass is 304 g/mol. The summed E-state index contributed by atoms with van der Waals surface area (Å²) in [7, 11) is 0. The highest BCUT2D eigenvalue weighted by Crippen LogP contribution is 2.26. The van der Waals surface area contributed by atoms with Gasteiger partial charge in [-0.1, -0.05) is 38.0 Å². The van der Waals surface area contributed by atoms with Gasteiger partial charge in [-0.3, -0.25) is 0 Å². The van der Waals surface area contributed by atoms with Gasteiger partial charge in [0.15, 0.2) is 11.6 Å². The van der Waals surface area contributed by atoms with E-state index in [1.54, 1.807) is 6.08 Å². The number of hydrogen-bond donors (Lipinski definition) is 1. The number of rotatable bonds is 6. The maximum Gasteiger partial charge on any atom is 0.230 e. The first-order valence-corrected chi connectivity index (χ1v) is 7.31. The molecule has 0 saturated carbocycles. The van der Waals surface area contributed by atoms with Crippen molar-refractivity contribution in [1.29, 1.82) is 0 Å². The first-order chi connectivity index (χ1) is 10.6. The molecule has 1 aromatic heterocycles. The second-order valence-electron chi connectivity index (χ2n) is 5.01. The average molecular weight is 304 g/mol. The molecule has 0 bridgehead atoms. The van der Waals surface area contributed by atoms with E-state index >= 15 is 0 Å². The number of aromatic nitrogens is 2. The van der Waals surface area contributed by atoms with E-state index < -0.39 is 11.6 Å². The highest BCUT2D eigenvalue weighted by Gasteiger charge is 2.14. The van der Waals surface area contributed by atoms with Gasteiger partial charge in [-0.2, -0.15) is 0 Å². The lowest BCUT2D eigenvalue weighted by molar-refractivity contribution is 0.445.